The number of aliphatic hydroxyl groups is 1. The highest BCUT2D eigenvalue weighted by atomic mass is 32.1. The molecule has 294 valence electrons. The Morgan fingerprint density at radius 1 is 1.07 bits per heavy atom. The predicted octanol–water partition coefficient (Wildman–Crippen LogP) is 5.93. The number of aliphatic hydroxyl groups excluding tert-OH is 1. The average Bonchev–Trinajstić information content (AvgIpc) is 3.73. The smallest absolute Gasteiger partial charge is 0.246 e. The van der Waals surface area contributed by atoms with Crippen LogP contribution in [-0.2, 0) is 25.6 Å². The molecule has 2 aromatic carbocycles. The Kier molecular flexibility index (Phi) is 14.8. The first-order chi connectivity index (χ1) is 25.4. The molecule has 11 nitrogen and oxygen atoms in total. The van der Waals surface area contributed by atoms with Crippen molar-refractivity contribution in [2.45, 2.75) is 118 Å². The monoisotopic (exact) mass is 765 g/mol. The third-order valence-electron chi connectivity index (χ3n) is 9.83. The lowest BCUT2D eigenvalue weighted by Crippen LogP contribution is -2.57. The van der Waals surface area contributed by atoms with Gasteiger partial charge in [-0.15, -0.1) is 11.3 Å². The third-order valence-corrected chi connectivity index (χ3v) is 10.8. The lowest BCUT2D eigenvalue weighted by molar-refractivity contribution is -0.144. The summed E-state index contributed by atoms with van der Waals surface area (Å²) in [4.78, 5) is 58.7. The Morgan fingerprint density at radius 2 is 1.78 bits per heavy atom. The number of likely N-dealkylation sites (tertiary alicyclic amines) is 1. The first-order valence-corrected chi connectivity index (χ1v) is 19.6. The number of ether oxygens (including phenoxy) is 1. The zero-order valence-corrected chi connectivity index (χ0v) is 33.4. The maximum Gasteiger partial charge on any atom is 0.246 e. The van der Waals surface area contributed by atoms with E-state index in [0.717, 1.165) is 27.3 Å². The van der Waals surface area contributed by atoms with E-state index < -0.39 is 35.3 Å². The zero-order chi connectivity index (χ0) is 39.7. The second-order valence-electron chi connectivity index (χ2n) is 15.7. The molecule has 4 rings (SSSR count). The number of rotatable bonds is 17. The van der Waals surface area contributed by atoms with Crippen LogP contribution in [-0.4, -0.2) is 70.0 Å². The molecule has 1 aromatic heterocycles. The van der Waals surface area contributed by atoms with E-state index in [4.69, 9.17) is 10.5 Å². The highest BCUT2D eigenvalue weighted by Gasteiger charge is 2.44. The zero-order valence-electron chi connectivity index (χ0n) is 32.5. The number of β-amino-alcohol motifs (C(OH)–C–C–N with tert-alkyl or cyclic N) is 1. The van der Waals surface area contributed by atoms with Crippen LogP contribution in [0.3, 0.4) is 0 Å². The van der Waals surface area contributed by atoms with Crippen LogP contribution in [0.25, 0.3) is 10.4 Å². The maximum absolute atomic E-state index is 15.3. The second-order valence-corrected chi connectivity index (χ2v) is 16.6. The van der Waals surface area contributed by atoms with Crippen LogP contribution in [0.1, 0.15) is 102 Å². The molecule has 1 aliphatic rings. The average molecular weight is 766 g/mol. The summed E-state index contributed by atoms with van der Waals surface area (Å²) in [6, 6.07) is 9.14. The first-order valence-electron chi connectivity index (χ1n) is 18.7. The molecule has 5 N–H and O–H groups in total. The van der Waals surface area contributed by atoms with Gasteiger partial charge in [0.15, 0.2) is 11.6 Å². The van der Waals surface area contributed by atoms with Crippen LogP contribution in [0.2, 0.25) is 0 Å². The molecule has 0 radical (unpaired) electrons. The fraction of sp³-hybridized carbons (Fsp3) is 0.537. The quantitative estimate of drug-likeness (QED) is 0.124. The number of primary amides is 1. The van der Waals surface area contributed by atoms with Gasteiger partial charge in [-0.05, 0) is 86.1 Å². The molecular weight excluding hydrogens is 710 g/mol. The Hall–Kier alpha value is -4.36. The van der Waals surface area contributed by atoms with Crippen molar-refractivity contribution in [3.05, 3.63) is 70.1 Å². The molecule has 54 heavy (non-hydrogen) atoms. The fourth-order valence-electron chi connectivity index (χ4n) is 6.65. The van der Waals surface area contributed by atoms with E-state index in [2.05, 4.69) is 15.6 Å². The lowest BCUT2D eigenvalue weighted by atomic mass is 9.85. The Labute approximate surface area is 322 Å². The van der Waals surface area contributed by atoms with Gasteiger partial charge in [0.2, 0.25) is 23.6 Å². The molecule has 3 aromatic rings. The lowest BCUT2D eigenvalue weighted by Gasteiger charge is -2.35. The fourth-order valence-corrected chi connectivity index (χ4v) is 7.46. The summed E-state index contributed by atoms with van der Waals surface area (Å²) >= 11 is 1.57. The molecule has 0 unspecified atom stereocenters. The van der Waals surface area contributed by atoms with Crippen molar-refractivity contribution in [1.82, 2.24) is 20.5 Å². The van der Waals surface area contributed by atoms with Crippen molar-refractivity contribution >= 4 is 35.0 Å². The molecule has 1 aliphatic heterocycles. The molecule has 2 heterocycles. The number of carbonyl (C=O) groups is 4. The molecule has 4 amide bonds. The standard InChI is InChI=1S/C41H56FN5O6S/c1-24(12-17-34(43)49)22-53-33-19-25(2)18-30(36(33)42)10-8-9-11-35(50)46-38(41(5,6)7)40(52)47-21-31(48)20-32(47)39(51)45-26(3)28-13-15-29(16-14-28)37-27(4)44-23-54-37/h13-16,18-19,23-24,26,31-32,38,48H,8-12,17,20-22H2,1-7H3,(H2,43,49)(H,45,51)(H,46,50)/t24-,26-,31+,32-,38+/m0/s1. The van der Waals surface area contributed by atoms with Gasteiger partial charge < -0.3 is 31.1 Å². The van der Waals surface area contributed by atoms with E-state index in [-0.39, 0.29) is 67.8 Å². The van der Waals surface area contributed by atoms with E-state index in [1.807, 2.05) is 78.2 Å². The molecular formula is C41H56FN5O6S. The molecule has 0 spiro atoms. The van der Waals surface area contributed by atoms with Crippen LogP contribution < -0.4 is 21.1 Å². The van der Waals surface area contributed by atoms with Gasteiger partial charge in [-0.2, -0.15) is 0 Å². The highest BCUT2D eigenvalue weighted by Crippen LogP contribution is 2.30. The van der Waals surface area contributed by atoms with Crippen LogP contribution in [0.4, 0.5) is 4.39 Å². The van der Waals surface area contributed by atoms with E-state index in [0.29, 0.717) is 31.2 Å². The summed E-state index contributed by atoms with van der Waals surface area (Å²) in [5, 5.41) is 16.5. The Bertz CT molecular complexity index is 1770. The summed E-state index contributed by atoms with van der Waals surface area (Å²) in [5.74, 6) is -1.76. The Morgan fingerprint density at radius 3 is 2.41 bits per heavy atom. The van der Waals surface area contributed by atoms with Gasteiger partial charge in [0, 0.05) is 25.8 Å². The second kappa shape index (κ2) is 18.8. The number of aryl methyl sites for hydroxylation is 3. The van der Waals surface area contributed by atoms with Crippen molar-refractivity contribution in [2.24, 2.45) is 17.1 Å². The van der Waals surface area contributed by atoms with Crippen molar-refractivity contribution in [3.8, 4) is 16.2 Å². The number of hydrogen-bond donors (Lipinski definition) is 4. The normalized spacial score (nSPS) is 17.5. The number of unbranched alkanes of at least 4 members (excludes halogenated alkanes) is 1. The van der Waals surface area contributed by atoms with Gasteiger partial charge in [-0.3, -0.25) is 19.2 Å². The van der Waals surface area contributed by atoms with E-state index in [1.54, 1.807) is 23.5 Å². The number of halogens is 1. The number of nitrogens with one attached hydrogen (secondary N) is 2. The van der Waals surface area contributed by atoms with E-state index in [9.17, 15) is 24.3 Å². The number of benzene rings is 2. The maximum atomic E-state index is 15.3. The number of nitrogens with zero attached hydrogens (tertiary/aromatic N) is 2. The number of carbonyl (C=O) groups excluding carboxylic acids is 4. The molecule has 0 saturated carbocycles. The minimum atomic E-state index is -0.940. The largest absolute Gasteiger partial charge is 0.490 e. The summed E-state index contributed by atoms with van der Waals surface area (Å²) in [5.41, 5.74) is 10.6. The van der Waals surface area contributed by atoms with Gasteiger partial charge in [-0.1, -0.05) is 58.0 Å². The number of aromatic nitrogens is 1. The van der Waals surface area contributed by atoms with Crippen LogP contribution in [0.15, 0.2) is 41.9 Å². The van der Waals surface area contributed by atoms with Gasteiger partial charge >= 0.3 is 0 Å². The molecule has 1 saturated heterocycles. The van der Waals surface area contributed by atoms with Gasteiger partial charge in [0.05, 0.1) is 34.8 Å². The minimum absolute atomic E-state index is 0.0172. The predicted molar refractivity (Wildman–Crippen MR) is 208 cm³/mol. The van der Waals surface area contributed by atoms with Gasteiger partial charge in [-0.25, -0.2) is 9.37 Å². The van der Waals surface area contributed by atoms with Crippen molar-refractivity contribution in [2.75, 3.05) is 13.2 Å². The summed E-state index contributed by atoms with van der Waals surface area (Å²) in [6.45, 7) is 13.4. The Balaban J connectivity index is 1.32. The minimum Gasteiger partial charge on any atom is -0.490 e. The van der Waals surface area contributed by atoms with E-state index in [1.165, 1.54) is 4.90 Å². The molecule has 0 aliphatic carbocycles. The summed E-state index contributed by atoms with van der Waals surface area (Å²) in [6.07, 6.45) is 1.52. The van der Waals surface area contributed by atoms with Crippen LogP contribution in [0, 0.1) is 31.0 Å². The third kappa shape index (κ3) is 11.6. The van der Waals surface area contributed by atoms with Crippen molar-refractivity contribution < 1.29 is 33.4 Å². The molecule has 1 fully saturated rings. The van der Waals surface area contributed by atoms with Crippen molar-refractivity contribution in [1.29, 1.82) is 0 Å². The molecule has 13 heteroatoms. The highest BCUT2D eigenvalue weighted by molar-refractivity contribution is 7.13. The van der Waals surface area contributed by atoms with Crippen LogP contribution in [0.5, 0.6) is 5.75 Å². The van der Waals surface area contributed by atoms with Gasteiger partial charge in [0.25, 0.3) is 0 Å². The number of amides is 4. The number of thiazole rings is 1. The summed E-state index contributed by atoms with van der Waals surface area (Å²) < 4.78 is 21.1. The van der Waals surface area contributed by atoms with Crippen LogP contribution >= 0.6 is 11.3 Å². The molecule has 5 atom stereocenters. The number of nitrogens with two attached hydrogens (primary N) is 1. The van der Waals surface area contributed by atoms with E-state index >= 15 is 4.39 Å². The van der Waals surface area contributed by atoms with Gasteiger partial charge in [0.1, 0.15) is 12.1 Å². The first kappa shape index (κ1) is 42.4. The number of hydrogen-bond acceptors (Lipinski definition) is 8. The topological polar surface area (TPSA) is 164 Å². The SMILES string of the molecule is Cc1cc(CCCCC(=O)N[C@H](C(=O)N2C[C@H](O)C[C@H]2C(=O)N[C@@H](C)c2ccc(-c3scnc3C)cc2)C(C)(C)C)c(F)c(OC[C@@H](C)CCC(N)=O)c1. The van der Waals surface area contributed by atoms with Crippen molar-refractivity contribution in [3.63, 3.8) is 0 Å². The molecule has 0 bridgehead atoms. The summed E-state index contributed by atoms with van der Waals surface area (Å²) in [7, 11) is 0.